The van der Waals surface area contributed by atoms with Gasteiger partial charge in [-0.15, -0.1) is 4.31 Å². The lowest BCUT2D eigenvalue weighted by Crippen LogP contribution is -2.66. The third-order valence-electron chi connectivity index (χ3n) is 9.80. The normalized spacial score (nSPS) is 15.8. The Morgan fingerprint density at radius 2 is 1.72 bits per heavy atom. The first kappa shape index (κ1) is 40.1. The minimum absolute atomic E-state index is 0.186. The Hall–Kier alpha value is -4.12. The van der Waals surface area contributed by atoms with Gasteiger partial charge in [0.1, 0.15) is 11.4 Å². The number of nitrogens with zero attached hydrogens (tertiary/aromatic N) is 3. The number of allylic oxidation sites excluding steroid dienone is 2. The molecule has 2 atom stereocenters. The molecular formula is C44H53N3O4SSi. The van der Waals surface area contributed by atoms with Crippen LogP contribution in [0.25, 0.3) is 16.8 Å². The summed E-state index contributed by atoms with van der Waals surface area (Å²) in [5, 5.41) is 2.24. The van der Waals surface area contributed by atoms with Crippen molar-refractivity contribution in [3.8, 4) is 11.3 Å². The second kappa shape index (κ2) is 18.3. The topological polar surface area (TPSA) is 87.1 Å². The summed E-state index contributed by atoms with van der Waals surface area (Å²) in [6, 6.07) is 31.0. The lowest BCUT2D eigenvalue weighted by atomic mass is 9.94. The van der Waals surface area contributed by atoms with Gasteiger partial charge in [0.05, 0.1) is 24.9 Å². The molecule has 53 heavy (non-hydrogen) atoms. The van der Waals surface area contributed by atoms with E-state index in [2.05, 4.69) is 110 Å². The fraction of sp³-hybridized carbons (Fsp3) is 0.341. The second-order valence-electron chi connectivity index (χ2n) is 14.2. The fourth-order valence-corrected chi connectivity index (χ4v) is 13.5. The van der Waals surface area contributed by atoms with Crippen molar-refractivity contribution in [2.24, 2.45) is 4.99 Å². The number of benzene rings is 3. The largest absolute Gasteiger partial charge is 0.598 e. The predicted molar refractivity (Wildman–Crippen MR) is 222 cm³/mol. The molecule has 0 bridgehead atoms. The number of hydrogen-bond donors (Lipinski definition) is 0. The summed E-state index contributed by atoms with van der Waals surface area (Å²) in [6.45, 7) is 17.6. The Kier molecular flexibility index (Phi) is 13.8. The van der Waals surface area contributed by atoms with Crippen molar-refractivity contribution in [2.75, 3.05) is 19.0 Å². The number of unbranched alkanes of at least 4 members (excludes halogenated alkanes) is 1. The number of hydrogen-bond acceptors (Lipinski definition) is 7. The molecule has 0 radical (unpaired) electrons. The molecule has 7 nitrogen and oxygen atoms in total. The molecule has 3 aromatic carbocycles. The summed E-state index contributed by atoms with van der Waals surface area (Å²) >= 11 is -1.26. The second-order valence-corrected chi connectivity index (χ2v) is 20.0. The van der Waals surface area contributed by atoms with Crippen molar-refractivity contribution in [3.05, 3.63) is 132 Å². The summed E-state index contributed by atoms with van der Waals surface area (Å²) in [5.41, 5.74) is 5.59. The Morgan fingerprint density at radius 3 is 2.30 bits per heavy atom. The van der Waals surface area contributed by atoms with Gasteiger partial charge < -0.3 is 13.7 Å². The summed E-state index contributed by atoms with van der Waals surface area (Å²) in [7, 11) is -2.83. The molecule has 0 fully saturated rings. The quantitative estimate of drug-likeness (QED) is 0.0493. The number of ether oxygens (including phenoxy) is 1. The SMILES string of the molecule is C=C/N=C\C(=C/C)c1cccc(-c2nc(C(=O)OCC)cc3c2[C@@H](CCO[Si](c2ccccc2)(c2ccccc2)C(C)(C)C)N([S@+]([O-])CCCC)C3)c1. The van der Waals surface area contributed by atoms with Gasteiger partial charge in [-0.25, -0.2) is 9.78 Å². The van der Waals surface area contributed by atoms with E-state index in [0.29, 0.717) is 31.0 Å². The molecule has 0 N–H and O–H groups in total. The average molecular weight is 748 g/mol. The zero-order valence-corrected chi connectivity index (χ0v) is 33.8. The Bertz CT molecular complexity index is 1870. The van der Waals surface area contributed by atoms with E-state index in [-0.39, 0.29) is 23.4 Å². The number of esters is 1. The molecule has 0 spiro atoms. The molecule has 5 rings (SSSR count). The minimum atomic E-state index is -2.83. The van der Waals surface area contributed by atoms with Gasteiger partial charge in [-0.3, -0.25) is 4.99 Å². The average Bonchev–Trinajstić information content (AvgIpc) is 3.54. The zero-order valence-electron chi connectivity index (χ0n) is 32.0. The van der Waals surface area contributed by atoms with E-state index in [1.54, 1.807) is 13.1 Å². The molecule has 0 saturated carbocycles. The molecule has 0 unspecified atom stereocenters. The van der Waals surface area contributed by atoms with Gasteiger partial charge >= 0.3 is 5.97 Å². The maximum atomic E-state index is 14.2. The molecule has 278 valence electrons. The third kappa shape index (κ3) is 8.82. The first-order chi connectivity index (χ1) is 25.6. The molecule has 1 aliphatic heterocycles. The van der Waals surface area contributed by atoms with Crippen molar-refractivity contribution in [1.29, 1.82) is 0 Å². The molecule has 1 aromatic heterocycles. The van der Waals surface area contributed by atoms with Gasteiger partial charge in [-0.2, -0.15) is 0 Å². The maximum absolute atomic E-state index is 14.2. The summed E-state index contributed by atoms with van der Waals surface area (Å²) in [5.74, 6) is 0.0874. The summed E-state index contributed by atoms with van der Waals surface area (Å²) in [6.07, 6.45) is 7.69. The number of carbonyl (C=O) groups is 1. The van der Waals surface area contributed by atoms with E-state index >= 15 is 0 Å². The van der Waals surface area contributed by atoms with Gasteiger partial charge in [0.15, 0.2) is 0 Å². The number of carbonyl (C=O) groups excluding carboxylic acids is 1. The first-order valence-corrected chi connectivity index (χ1v) is 21.8. The van der Waals surface area contributed by atoms with Crippen LogP contribution in [0.2, 0.25) is 5.04 Å². The Balaban J connectivity index is 1.64. The first-order valence-electron chi connectivity index (χ1n) is 18.6. The lowest BCUT2D eigenvalue weighted by molar-refractivity contribution is 0.0519. The molecule has 0 saturated heterocycles. The standard InChI is InChI=1S/C44H53N3O4SSi/c1-8-12-28-52(49)47-32-36-30-39(43(48)50-11-4)46-42(35-21-19-20-34(29-35)33(9-2)31-45-10-3)41(36)40(47)26-27-51-53(44(5,6)7,37-22-15-13-16-23-37)38-24-17-14-18-25-38/h9-10,13-25,29-31,40H,3,8,11-12,26-28,32H2,1-2,4-7H3/b33-9+,45-31-/t40-,52-/m1/s1. The highest BCUT2D eigenvalue weighted by Gasteiger charge is 2.50. The van der Waals surface area contributed by atoms with E-state index in [4.69, 9.17) is 14.1 Å². The zero-order chi connectivity index (χ0) is 38.0. The van der Waals surface area contributed by atoms with Crippen LogP contribution in [-0.4, -0.2) is 53.3 Å². The van der Waals surface area contributed by atoms with Crippen molar-refractivity contribution in [1.82, 2.24) is 9.29 Å². The Labute approximate surface area is 320 Å². The molecule has 1 aliphatic rings. The highest BCUT2D eigenvalue weighted by Crippen LogP contribution is 2.45. The van der Waals surface area contributed by atoms with E-state index in [1.807, 2.05) is 37.3 Å². The molecule has 0 amide bonds. The van der Waals surface area contributed by atoms with E-state index in [1.165, 1.54) is 16.6 Å². The van der Waals surface area contributed by atoms with Gasteiger partial charge in [0.25, 0.3) is 8.32 Å². The number of pyridine rings is 1. The smallest absolute Gasteiger partial charge is 0.356 e. The molecule has 4 aromatic rings. The highest BCUT2D eigenvalue weighted by atomic mass is 32.2. The Morgan fingerprint density at radius 1 is 1.04 bits per heavy atom. The van der Waals surface area contributed by atoms with Crippen molar-refractivity contribution >= 4 is 47.8 Å². The summed E-state index contributed by atoms with van der Waals surface area (Å²) < 4.78 is 29.1. The fourth-order valence-electron chi connectivity index (χ4n) is 7.33. The van der Waals surface area contributed by atoms with Crippen LogP contribution in [0.15, 0.2) is 115 Å². The monoisotopic (exact) mass is 747 g/mol. The van der Waals surface area contributed by atoms with E-state index in [0.717, 1.165) is 40.7 Å². The van der Waals surface area contributed by atoms with Crippen LogP contribution in [0.1, 0.15) is 94.0 Å². The van der Waals surface area contributed by atoms with E-state index in [9.17, 15) is 9.35 Å². The molecule has 2 heterocycles. The van der Waals surface area contributed by atoms with Gasteiger partial charge in [0, 0.05) is 41.5 Å². The number of fused-ring (bicyclic) bond motifs is 1. The van der Waals surface area contributed by atoms with Crippen LogP contribution < -0.4 is 10.4 Å². The van der Waals surface area contributed by atoms with Crippen LogP contribution >= 0.6 is 0 Å². The third-order valence-corrected chi connectivity index (χ3v) is 16.4. The minimum Gasteiger partial charge on any atom is -0.598 e. The predicted octanol–water partition coefficient (Wildman–Crippen LogP) is 8.83. The van der Waals surface area contributed by atoms with Gasteiger partial charge in [-0.1, -0.05) is 126 Å². The lowest BCUT2D eigenvalue weighted by Gasteiger charge is -2.43. The van der Waals surface area contributed by atoms with Gasteiger partial charge in [-0.05, 0) is 70.9 Å². The van der Waals surface area contributed by atoms with Crippen LogP contribution in [-0.2, 0) is 27.1 Å². The van der Waals surface area contributed by atoms with Crippen LogP contribution in [0, 0.1) is 0 Å². The number of aliphatic imine (C=N–C) groups is 1. The summed E-state index contributed by atoms with van der Waals surface area (Å²) in [4.78, 5) is 22.5. The van der Waals surface area contributed by atoms with E-state index < -0.39 is 25.6 Å². The molecular weight excluding hydrogens is 695 g/mol. The van der Waals surface area contributed by atoms with Gasteiger partial charge in [0.2, 0.25) is 0 Å². The van der Waals surface area contributed by atoms with Crippen molar-refractivity contribution < 1.29 is 18.5 Å². The van der Waals surface area contributed by atoms with Crippen LogP contribution in [0.4, 0.5) is 0 Å². The van der Waals surface area contributed by atoms with Crippen molar-refractivity contribution in [3.63, 3.8) is 0 Å². The number of aromatic nitrogens is 1. The molecule has 9 heteroatoms. The number of rotatable bonds is 16. The molecule has 0 aliphatic carbocycles. The van der Waals surface area contributed by atoms with Crippen LogP contribution in [0.5, 0.6) is 0 Å². The van der Waals surface area contributed by atoms with Crippen LogP contribution in [0.3, 0.4) is 0 Å². The van der Waals surface area contributed by atoms with Crippen molar-refractivity contribution in [2.45, 2.75) is 78.4 Å². The highest BCUT2D eigenvalue weighted by molar-refractivity contribution is 7.89. The maximum Gasteiger partial charge on any atom is 0.356 e.